The molecule has 1 aromatic carbocycles. The first kappa shape index (κ1) is 16.0. The van der Waals surface area contributed by atoms with Crippen LogP contribution in [0.15, 0.2) is 54.9 Å². The number of pyridine rings is 2. The summed E-state index contributed by atoms with van der Waals surface area (Å²) < 4.78 is 26.5. The molecule has 3 aromatic heterocycles. The molecule has 6 nitrogen and oxygen atoms in total. The molecule has 4 rings (SSSR count). The van der Waals surface area contributed by atoms with Gasteiger partial charge in [-0.3, -0.25) is 4.98 Å². The van der Waals surface area contributed by atoms with Gasteiger partial charge < -0.3 is 9.47 Å². The van der Waals surface area contributed by atoms with Gasteiger partial charge in [0.25, 0.3) is 0 Å². The third-order valence-corrected chi connectivity index (χ3v) is 4.04. The van der Waals surface area contributed by atoms with Crippen molar-refractivity contribution in [3.8, 4) is 28.7 Å². The standard InChI is InChI=1S/C19H15FN4O2/c1-25-16-6-3-5-13(20)19(16)14-9-15-12(10-21-14)11-22-24(15)17-7-4-8-18(23-17)26-2/h3-11H,1-2H3. The van der Waals surface area contributed by atoms with Crippen molar-refractivity contribution in [1.82, 2.24) is 19.7 Å². The molecule has 0 aliphatic rings. The fraction of sp³-hybridized carbons (Fsp3) is 0.105. The summed E-state index contributed by atoms with van der Waals surface area (Å²) in [4.78, 5) is 8.77. The van der Waals surface area contributed by atoms with Gasteiger partial charge in [0.15, 0.2) is 5.82 Å². The highest BCUT2D eigenvalue weighted by molar-refractivity contribution is 5.84. The Morgan fingerprint density at radius 3 is 2.65 bits per heavy atom. The minimum atomic E-state index is -0.401. The number of methoxy groups -OCH3 is 2. The Hall–Kier alpha value is -3.48. The van der Waals surface area contributed by atoms with Crippen molar-refractivity contribution in [1.29, 1.82) is 0 Å². The molecule has 0 aliphatic heterocycles. The quantitative estimate of drug-likeness (QED) is 0.562. The van der Waals surface area contributed by atoms with Crippen molar-refractivity contribution < 1.29 is 13.9 Å². The summed E-state index contributed by atoms with van der Waals surface area (Å²) in [7, 11) is 3.06. The molecule has 0 unspecified atom stereocenters. The zero-order valence-corrected chi connectivity index (χ0v) is 14.2. The molecule has 0 atom stereocenters. The lowest BCUT2D eigenvalue weighted by Gasteiger charge is -2.10. The van der Waals surface area contributed by atoms with E-state index in [-0.39, 0.29) is 0 Å². The van der Waals surface area contributed by atoms with Crippen LogP contribution in [-0.4, -0.2) is 34.0 Å². The van der Waals surface area contributed by atoms with E-state index in [1.165, 1.54) is 13.2 Å². The normalized spacial score (nSPS) is 10.9. The number of ether oxygens (including phenoxy) is 2. The Kier molecular flexibility index (Phi) is 3.96. The van der Waals surface area contributed by atoms with Crippen molar-refractivity contribution in [2.45, 2.75) is 0 Å². The van der Waals surface area contributed by atoms with Crippen LogP contribution in [0.25, 0.3) is 28.0 Å². The van der Waals surface area contributed by atoms with Crippen LogP contribution in [0.5, 0.6) is 11.6 Å². The molecule has 0 fully saturated rings. The van der Waals surface area contributed by atoms with Crippen LogP contribution in [0.2, 0.25) is 0 Å². The van der Waals surface area contributed by atoms with E-state index in [1.54, 1.807) is 48.5 Å². The molecule has 0 bridgehead atoms. The molecule has 0 radical (unpaired) electrons. The van der Waals surface area contributed by atoms with Gasteiger partial charge in [0, 0.05) is 17.6 Å². The second kappa shape index (κ2) is 6.44. The third-order valence-electron chi connectivity index (χ3n) is 4.04. The summed E-state index contributed by atoms with van der Waals surface area (Å²) in [6.45, 7) is 0. The maximum atomic E-state index is 14.4. The number of hydrogen-bond acceptors (Lipinski definition) is 5. The van der Waals surface area contributed by atoms with Gasteiger partial charge in [-0.15, -0.1) is 0 Å². The first-order chi connectivity index (χ1) is 12.7. The lowest BCUT2D eigenvalue weighted by Crippen LogP contribution is -2.01. The van der Waals surface area contributed by atoms with Crippen LogP contribution >= 0.6 is 0 Å². The highest BCUT2D eigenvalue weighted by atomic mass is 19.1. The van der Waals surface area contributed by atoms with E-state index in [0.29, 0.717) is 28.7 Å². The lowest BCUT2D eigenvalue weighted by molar-refractivity contribution is 0.397. The van der Waals surface area contributed by atoms with E-state index in [1.807, 2.05) is 12.1 Å². The molecule has 3 heterocycles. The largest absolute Gasteiger partial charge is 0.496 e. The Balaban J connectivity index is 1.91. The van der Waals surface area contributed by atoms with E-state index in [4.69, 9.17) is 9.47 Å². The van der Waals surface area contributed by atoms with Crippen molar-refractivity contribution in [3.63, 3.8) is 0 Å². The summed E-state index contributed by atoms with van der Waals surface area (Å²) in [6, 6.07) is 11.8. The fourth-order valence-corrected chi connectivity index (χ4v) is 2.80. The number of fused-ring (bicyclic) bond motifs is 1. The van der Waals surface area contributed by atoms with Crippen LogP contribution in [0.4, 0.5) is 4.39 Å². The summed E-state index contributed by atoms with van der Waals surface area (Å²) in [5.74, 6) is 1.09. The maximum absolute atomic E-state index is 14.4. The zero-order chi connectivity index (χ0) is 18.1. The first-order valence-electron chi connectivity index (χ1n) is 7.89. The van der Waals surface area contributed by atoms with Gasteiger partial charge in [-0.2, -0.15) is 10.1 Å². The fourth-order valence-electron chi connectivity index (χ4n) is 2.80. The molecule has 0 amide bonds. The van der Waals surface area contributed by atoms with Gasteiger partial charge in [-0.25, -0.2) is 9.07 Å². The minimum Gasteiger partial charge on any atom is -0.496 e. The highest BCUT2D eigenvalue weighted by Gasteiger charge is 2.15. The van der Waals surface area contributed by atoms with Crippen LogP contribution in [0, 0.1) is 5.82 Å². The first-order valence-corrected chi connectivity index (χ1v) is 7.89. The van der Waals surface area contributed by atoms with Gasteiger partial charge in [0.2, 0.25) is 5.88 Å². The average molecular weight is 350 g/mol. The molecule has 130 valence electrons. The van der Waals surface area contributed by atoms with E-state index < -0.39 is 5.82 Å². The van der Waals surface area contributed by atoms with Gasteiger partial charge >= 0.3 is 0 Å². The number of aromatic nitrogens is 4. The number of benzene rings is 1. The number of halogens is 1. The van der Waals surface area contributed by atoms with E-state index in [9.17, 15) is 4.39 Å². The second-order valence-electron chi connectivity index (χ2n) is 5.54. The predicted octanol–water partition coefficient (Wildman–Crippen LogP) is 3.64. The zero-order valence-electron chi connectivity index (χ0n) is 14.2. The number of rotatable bonds is 4. The SMILES string of the molecule is COc1cccc(-n2ncc3cnc(-c4c(F)cccc4OC)cc32)n1. The molecule has 0 saturated carbocycles. The number of nitrogens with zero attached hydrogens (tertiary/aromatic N) is 4. The summed E-state index contributed by atoms with van der Waals surface area (Å²) in [5.41, 5.74) is 1.52. The lowest BCUT2D eigenvalue weighted by atomic mass is 10.1. The molecule has 7 heteroatoms. The summed E-state index contributed by atoms with van der Waals surface area (Å²) in [5, 5.41) is 5.19. The molecule has 4 aromatic rings. The molecule has 0 spiro atoms. The van der Waals surface area contributed by atoms with Crippen molar-refractivity contribution in [2.75, 3.05) is 14.2 Å². The highest BCUT2D eigenvalue weighted by Crippen LogP contribution is 2.32. The molecular weight excluding hydrogens is 335 g/mol. The van der Waals surface area contributed by atoms with Gasteiger partial charge in [-0.1, -0.05) is 12.1 Å². The second-order valence-corrected chi connectivity index (χ2v) is 5.54. The summed E-state index contributed by atoms with van der Waals surface area (Å²) >= 11 is 0. The Labute approximate surface area is 148 Å². The van der Waals surface area contributed by atoms with E-state index >= 15 is 0 Å². The maximum Gasteiger partial charge on any atom is 0.214 e. The predicted molar refractivity (Wildman–Crippen MR) is 95.2 cm³/mol. The Morgan fingerprint density at radius 1 is 1.00 bits per heavy atom. The van der Waals surface area contributed by atoms with Crippen LogP contribution in [0.1, 0.15) is 0 Å². The van der Waals surface area contributed by atoms with Gasteiger partial charge in [0.1, 0.15) is 11.6 Å². The van der Waals surface area contributed by atoms with Crippen molar-refractivity contribution >= 4 is 10.9 Å². The van der Waals surface area contributed by atoms with Crippen LogP contribution in [-0.2, 0) is 0 Å². The van der Waals surface area contributed by atoms with E-state index in [0.717, 1.165) is 10.9 Å². The Bertz CT molecular complexity index is 1090. The smallest absolute Gasteiger partial charge is 0.214 e. The molecule has 0 N–H and O–H groups in total. The van der Waals surface area contributed by atoms with Gasteiger partial charge in [0.05, 0.1) is 37.2 Å². The third kappa shape index (κ3) is 2.63. The van der Waals surface area contributed by atoms with E-state index in [2.05, 4.69) is 15.1 Å². The molecule has 26 heavy (non-hydrogen) atoms. The molecular formula is C19H15FN4O2. The van der Waals surface area contributed by atoms with Crippen LogP contribution in [0.3, 0.4) is 0 Å². The monoisotopic (exact) mass is 350 g/mol. The van der Waals surface area contributed by atoms with Gasteiger partial charge in [-0.05, 0) is 24.3 Å². The Morgan fingerprint density at radius 2 is 1.85 bits per heavy atom. The average Bonchev–Trinajstić information content (AvgIpc) is 3.11. The number of hydrogen-bond donors (Lipinski definition) is 0. The minimum absolute atomic E-state index is 0.309. The summed E-state index contributed by atoms with van der Waals surface area (Å²) in [6.07, 6.45) is 3.34. The topological polar surface area (TPSA) is 62.1 Å². The molecule has 0 saturated heterocycles. The van der Waals surface area contributed by atoms with Crippen molar-refractivity contribution in [3.05, 3.63) is 60.7 Å². The van der Waals surface area contributed by atoms with Crippen molar-refractivity contribution in [2.24, 2.45) is 0 Å². The molecule has 0 aliphatic carbocycles. The van der Waals surface area contributed by atoms with Crippen LogP contribution < -0.4 is 9.47 Å².